The van der Waals surface area contributed by atoms with Crippen LogP contribution in [0.5, 0.6) is 11.5 Å². The third-order valence-corrected chi connectivity index (χ3v) is 2.56. The van der Waals surface area contributed by atoms with Gasteiger partial charge in [0.15, 0.2) is 0 Å². The highest BCUT2D eigenvalue weighted by Gasteiger charge is 1.96. The highest BCUT2D eigenvalue weighted by Crippen LogP contribution is 2.15. The second-order valence-electron chi connectivity index (χ2n) is 4.50. The minimum absolute atomic E-state index is 0.125. The van der Waals surface area contributed by atoms with Crippen molar-refractivity contribution < 1.29 is 30.3 Å². The predicted molar refractivity (Wildman–Crippen MR) is 91.0 cm³/mol. The maximum atomic E-state index is 9.25. The van der Waals surface area contributed by atoms with Crippen LogP contribution in [0.3, 0.4) is 0 Å². The Balaban J connectivity index is 0.000000492. The van der Waals surface area contributed by atoms with Crippen LogP contribution in [-0.4, -0.2) is 44.7 Å². The van der Waals surface area contributed by atoms with Crippen molar-refractivity contribution >= 4 is 5.97 Å². The van der Waals surface area contributed by atoms with E-state index in [0.717, 1.165) is 23.6 Å². The fourth-order valence-electron chi connectivity index (χ4n) is 1.46. The van der Waals surface area contributed by atoms with Gasteiger partial charge in [0.1, 0.15) is 11.5 Å². The number of aromatic hydroxyl groups is 2. The smallest absolute Gasteiger partial charge is 0.327 e. The molecule has 130 valence electrons. The van der Waals surface area contributed by atoms with Gasteiger partial charge in [-0.3, -0.25) is 0 Å². The number of phenolic OH excluding ortho intramolecular Hbond substituents is 2. The van der Waals surface area contributed by atoms with Crippen LogP contribution >= 0.6 is 0 Å². The minimum Gasteiger partial charge on any atom is -0.508 e. The minimum atomic E-state index is -0.981. The van der Waals surface area contributed by atoms with E-state index < -0.39 is 5.97 Å². The molecule has 6 nitrogen and oxygen atoms in total. The number of phenols is 2. The Bertz CT molecular complexity index is 544. The molecule has 0 aromatic heterocycles. The van der Waals surface area contributed by atoms with E-state index in [2.05, 4.69) is 6.58 Å². The van der Waals surface area contributed by atoms with Gasteiger partial charge in [-0.2, -0.15) is 0 Å². The molecule has 2 aromatic carbocycles. The second-order valence-corrected chi connectivity index (χ2v) is 4.50. The molecule has 0 aliphatic carbocycles. The first-order valence-electron chi connectivity index (χ1n) is 7.05. The molecule has 0 fully saturated rings. The van der Waals surface area contributed by atoms with Crippen molar-refractivity contribution in [3.05, 3.63) is 72.3 Å². The summed E-state index contributed by atoms with van der Waals surface area (Å²) >= 11 is 0. The van der Waals surface area contributed by atoms with Crippen molar-refractivity contribution in [2.75, 3.05) is 13.2 Å². The molecule has 0 unspecified atom stereocenters. The first-order chi connectivity index (χ1) is 11.4. The molecule has 0 radical (unpaired) electrons. The fourth-order valence-corrected chi connectivity index (χ4v) is 1.46. The molecule has 6 heteroatoms. The van der Waals surface area contributed by atoms with Crippen molar-refractivity contribution in [3.8, 4) is 11.5 Å². The second kappa shape index (κ2) is 12.7. The van der Waals surface area contributed by atoms with E-state index in [0.29, 0.717) is 0 Å². The SMILES string of the molecule is C=CC(=O)O.OCCO.Oc1ccc(Cc2ccc(O)cc2)cc1. The first-order valence-corrected chi connectivity index (χ1v) is 7.05. The molecule has 0 saturated heterocycles. The molecule has 0 aliphatic rings. The molecule has 0 atom stereocenters. The third kappa shape index (κ3) is 10.8. The largest absolute Gasteiger partial charge is 0.508 e. The van der Waals surface area contributed by atoms with Crippen molar-refractivity contribution in [3.63, 3.8) is 0 Å². The molecule has 0 amide bonds. The van der Waals surface area contributed by atoms with Crippen LogP contribution in [0.15, 0.2) is 61.2 Å². The lowest BCUT2D eigenvalue weighted by Gasteiger charge is -2.02. The standard InChI is InChI=1S/C13H12O2.C3H4O2.C2H6O2/c14-12-5-1-10(2-6-12)9-11-3-7-13(15)8-4-11;1-2-3(4)5;3-1-2-4/h1-8,14-15H,9H2;2H,1H2,(H,4,5);3-4H,1-2H2. The molecule has 0 saturated carbocycles. The Morgan fingerprint density at radius 3 is 1.33 bits per heavy atom. The lowest BCUT2D eigenvalue weighted by Crippen LogP contribution is -1.86. The molecule has 2 rings (SSSR count). The molecule has 2 aromatic rings. The normalized spacial score (nSPS) is 8.92. The van der Waals surface area contributed by atoms with Crippen molar-refractivity contribution in [2.24, 2.45) is 0 Å². The number of carbonyl (C=O) groups is 1. The number of aliphatic hydroxyl groups is 2. The highest BCUT2D eigenvalue weighted by molar-refractivity contribution is 5.78. The maximum absolute atomic E-state index is 9.25. The summed E-state index contributed by atoms with van der Waals surface area (Å²) in [6.07, 6.45) is 1.64. The van der Waals surface area contributed by atoms with Crippen LogP contribution in [0.25, 0.3) is 0 Å². The topological polar surface area (TPSA) is 118 Å². The van der Waals surface area contributed by atoms with E-state index in [9.17, 15) is 4.79 Å². The molecular weight excluding hydrogens is 312 g/mol. The molecule has 0 bridgehead atoms. The fraction of sp³-hybridized carbons (Fsp3) is 0.167. The maximum Gasteiger partial charge on any atom is 0.327 e. The number of hydrogen-bond acceptors (Lipinski definition) is 5. The number of hydrogen-bond donors (Lipinski definition) is 5. The third-order valence-electron chi connectivity index (χ3n) is 2.56. The van der Waals surface area contributed by atoms with Gasteiger partial charge in [0.2, 0.25) is 0 Å². The summed E-state index contributed by atoms with van der Waals surface area (Å²) in [5.41, 5.74) is 2.27. The Kier molecular flexibility index (Phi) is 11.2. The molecule has 0 spiro atoms. The summed E-state index contributed by atoms with van der Waals surface area (Å²) in [5.74, 6) is -0.418. The van der Waals surface area contributed by atoms with Gasteiger partial charge in [0.25, 0.3) is 0 Å². The van der Waals surface area contributed by atoms with E-state index in [1.54, 1.807) is 24.3 Å². The lowest BCUT2D eigenvalue weighted by molar-refractivity contribution is -0.131. The summed E-state index contributed by atoms with van der Waals surface area (Å²) in [6.45, 7) is 2.71. The van der Waals surface area contributed by atoms with E-state index in [-0.39, 0.29) is 24.7 Å². The van der Waals surface area contributed by atoms with E-state index in [4.69, 9.17) is 25.5 Å². The Morgan fingerprint density at radius 1 is 0.833 bits per heavy atom. The zero-order valence-corrected chi connectivity index (χ0v) is 13.2. The Hall–Kier alpha value is -2.83. The number of carboxylic acid groups (broad SMARTS) is 1. The van der Waals surface area contributed by atoms with Gasteiger partial charge in [-0.25, -0.2) is 4.79 Å². The summed E-state index contributed by atoms with van der Waals surface area (Å²) in [4.78, 5) is 9.25. The molecule has 5 N–H and O–H groups in total. The average Bonchev–Trinajstić information content (AvgIpc) is 2.59. The monoisotopic (exact) mass is 334 g/mol. The van der Waals surface area contributed by atoms with Crippen LogP contribution in [0.4, 0.5) is 0 Å². The van der Waals surface area contributed by atoms with Gasteiger partial charge in [0, 0.05) is 6.08 Å². The summed E-state index contributed by atoms with van der Waals surface area (Å²) in [5, 5.41) is 41.1. The van der Waals surface area contributed by atoms with Gasteiger partial charge in [-0.1, -0.05) is 30.8 Å². The van der Waals surface area contributed by atoms with Crippen molar-refractivity contribution in [1.82, 2.24) is 0 Å². The van der Waals surface area contributed by atoms with Crippen LogP contribution < -0.4 is 0 Å². The van der Waals surface area contributed by atoms with Gasteiger partial charge < -0.3 is 25.5 Å². The number of aliphatic carboxylic acids is 1. The van der Waals surface area contributed by atoms with Crippen LogP contribution in [0.1, 0.15) is 11.1 Å². The molecular formula is C18H22O6. The van der Waals surface area contributed by atoms with E-state index in [1.165, 1.54) is 0 Å². The number of carboxylic acids is 1. The molecule has 0 heterocycles. The van der Waals surface area contributed by atoms with Gasteiger partial charge in [-0.15, -0.1) is 0 Å². The average molecular weight is 334 g/mol. The summed E-state index contributed by atoms with van der Waals surface area (Å²) in [6, 6.07) is 14.3. The van der Waals surface area contributed by atoms with Crippen LogP contribution in [0, 0.1) is 0 Å². The number of aliphatic hydroxyl groups excluding tert-OH is 2. The van der Waals surface area contributed by atoms with E-state index >= 15 is 0 Å². The Morgan fingerprint density at radius 2 is 1.12 bits per heavy atom. The number of rotatable bonds is 4. The van der Waals surface area contributed by atoms with E-state index in [1.807, 2.05) is 24.3 Å². The lowest BCUT2D eigenvalue weighted by atomic mass is 10.1. The van der Waals surface area contributed by atoms with Gasteiger partial charge in [-0.05, 0) is 41.8 Å². The predicted octanol–water partition coefficient (Wildman–Crippen LogP) is 1.92. The number of benzene rings is 2. The zero-order valence-electron chi connectivity index (χ0n) is 13.2. The molecule has 24 heavy (non-hydrogen) atoms. The first kappa shape index (κ1) is 21.2. The quantitative estimate of drug-likeness (QED) is 0.545. The highest BCUT2D eigenvalue weighted by atomic mass is 16.4. The Labute approximate surface area is 140 Å². The zero-order chi connectivity index (χ0) is 18.4. The van der Waals surface area contributed by atoms with Crippen molar-refractivity contribution in [2.45, 2.75) is 6.42 Å². The van der Waals surface area contributed by atoms with Crippen molar-refractivity contribution in [1.29, 1.82) is 0 Å². The van der Waals surface area contributed by atoms with Gasteiger partial charge >= 0.3 is 5.97 Å². The molecule has 0 aliphatic heterocycles. The van der Waals surface area contributed by atoms with Gasteiger partial charge in [0.05, 0.1) is 13.2 Å². The summed E-state index contributed by atoms with van der Waals surface area (Å²) in [7, 11) is 0. The van der Waals surface area contributed by atoms with Crippen LogP contribution in [0.2, 0.25) is 0 Å². The van der Waals surface area contributed by atoms with Crippen LogP contribution in [-0.2, 0) is 11.2 Å². The summed E-state index contributed by atoms with van der Waals surface area (Å²) < 4.78 is 0.